The highest BCUT2D eigenvalue weighted by Crippen LogP contribution is 2.25. The van der Waals surface area contributed by atoms with E-state index in [2.05, 4.69) is 16.1 Å². The molecule has 7 nitrogen and oxygen atoms in total. The van der Waals surface area contributed by atoms with Crippen molar-refractivity contribution in [2.75, 3.05) is 10.7 Å². The average Bonchev–Trinajstić information content (AvgIpc) is 3.06. The topological polar surface area (TPSA) is 92.2 Å². The van der Waals surface area contributed by atoms with Crippen LogP contribution in [-0.4, -0.2) is 28.4 Å². The van der Waals surface area contributed by atoms with Crippen LogP contribution in [0.15, 0.2) is 48.5 Å². The highest BCUT2D eigenvalue weighted by Gasteiger charge is 2.22. The van der Waals surface area contributed by atoms with Gasteiger partial charge in [-0.15, -0.1) is 0 Å². The summed E-state index contributed by atoms with van der Waals surface area (Å²) in [6.45, 7) is 3.68. The number of para-hydroxylation sites is 1. The van der Waals surface area contributed by atoms with Crippen molar-refractivity contribution in [2.24, 2.45) is 0 Å². The summed E-state index contributed by atoms with van der Waals surface area (Å²) in [6.07, 6.45) is 0.676. The number of rotatable bonds is 5. The third kappa shape index (κ3) is 4.75. The Balaban J connectivity index is 1.95. The maximum absolute atomic E-state index is 12.9. The molecule has 0 fully saturated rings. The van der Waals surface area contributed by atoms with Crippen LogP contribution in [0.25, 0.3) is 10.9 Å². The van der Waals surface area contributed by atoms with Crippen molar-refractivity contribution in [3.63, 3.8) is 0 Å². The Kier molecular flexibility index (Phi) is 6.64. The van der Waals surface area contributed by atoms with Crippen molar-refractivity contribution in [1.29, 1.82) is 0 Å². The molecule has 1 aromatic heterocycles. The Morgan fingerprint density at radius 1 is 1.03 bits per heavy atom. The Bertz CT molecular complexity index is 1130. The van der Waals surface area contributed by atoms with Crippen molar-refractivity contribution in [3.05, 3.63) is 64.3 Å². The van der Waals surface area contributed by atoms with E-state index in [9.17, 15) is 14.4 Å². The maximum Gasteiger partial charge on any atom is 0.328 e. The number of carbonyl (C=O) groups is 3. The predicted octanol–water partition coefficient (Wildman–Crippen LogP) is 4.19. The summed E-state index contributed by atoms with van der Waals surface area (Å²) in [4.78, 5) is 37.5. The molecule has 0 aliphatic carbocycles. The summed E-state index contributed by atoms with van der Waals surface area (Å²) < 4.78 is 1.26. The zero-order chi connectivity index (χ0) is 21.8. The first-order valence-corrected chi connectivity index (χ1v) is 10.0. The molecular weight excluding hydrogens is 427 g/mol. The van der Waals surface area contributed by atoms with Gasteiger partial charge in [0.2, 0.25) is 0 Å². The van der Waals surface area contributed by atoms with Gasteiger partial charge in [-0.2, -0.15) is 0 Å². The number of carbonyl (C=O) groups excluding carboxylic acids is 3. The Morgan fingerprint density at radius 2 is 1.77 bits per heavy atom. The first-order valence-electron chi connectivity index (χ1n) is 9.29. The fourth-order valence-electron chi connectivity index (χ4n) is 2.77. The molecule has 0 spiro atoms. The minimum atomic E-state index is -0.894. The minimum Gasteiger partial charge on any atom is -0.345 e. The molecule has 3 N–H and O–H groups in total. The molecule has 0 aliphatic rings. The van der Waals surface area contributed by atoms with Gasteiger partial charge in [0.25, 0.3) is 5.91 Å². The second kappa shape index (κ2) is 9.19. The van der Waals surface area contributed by atoms with Crippen LogP contribution in [0.3, 0.4) is 0 Å². The molecule has 0 radical (unpaired) electrons. The van der Waals surface area contributed by atoms with Crippen molar-refractivity contribution in [1.82, 2.24) is 9.99 Å². The summed E-state index contributed by atoms with van der Waals surface area (Å²) in [5.74, 6) is -2.20. The van der Waals surface area contributed by atoms with Gasteiger partial charge in [-0.3, -0.25) is 19.8 Å². The van der Waals surface area contributed by atoms with E-state index in [0.717, 1.165) is 0 Å². The Morgan fingerprint density at radius 3 is 2.47 bits per heavy atom. The molecule has 0 saturated carbocycles. The summed E-state index contributed by atoms with van der Waals surface area (Å²) in [5.41, 5.74) is 3.52. The molecule has 2 aromatic carbocycles. The number of hydrogen-bond acceptors (Lipinski definition) is 3. The molecule has 1 atom stereocenters. The predicted molar refractivity (Wildman–Crippen MR) is 119 cm³/mol. The third-order valence-corrected chi connectivity index (χ3v) is 5.09. The monoisotopic (exact) mass is 446 g/mol. The lowest BCUT2D eigenvalue weighted by Crippen LogP contribution is -2.43. The van der Waals surface area contributed by atoms with Gasteiger partial charge in [-0.1, -0.05) is 42.3 Å². The molecule has 3 aromatic rings. The van der Waals surface area contributed by atoms with E-state index < -0.39 is 17.7 Å². The van der Waals surface area contributed by atoms with Gasteiger partial charge in [-0.25, -0.2) is 4.68 Å². The minimum absolute atomic E-state index is 0.108. The van der Waals surface area contributed by atoms with Crippen LogP contribution >= 0.6 is 23.2 Å². The lowest BCUT2D eigenvalue weighted by molar-refractivity contribution is -0.137. The number of aromatic nitrogens is 1. The van der Waals surface area contributed by atoms with Crippen LogP contribution in [-0.2, 0) is 9.59 Å². The van der Waals surface area contributed by atoms with E-state index in [1.54, 1.807) is 55.5 Å². The number of amides is 3. The van der Waals surface area contributed by atoms with Crippen LogP contribution in [0.4, 0.5) is 5.69 Å². The molecule has 0 unspecified atom stereocenters. The molecule has 3 amide bonds. The van der Waals surface area contributed by atoms with Crippen LogP contribution in [0, 0.1) is 0 Å². The second-order valence-corrected chi connectivity index (χ2v) is 7.57. The summed E-state index contributed by atoms with van der Waals surface area (Å²) in [5, 5.41) is 6.76. The molecule has 0 bridgehead atoms. The number of anilines is 1. The first kappa shape index (κ1) is 21.7. The van der Waals surface area contributed by atoms with Gasteiger partial charge in [0.15, 0.2) is 0 Å². The van der Waals surface area contributed by atoms with E-state index in [1.165, 1.54) is 4.68 Å². The van der Waals surface area contributed by atoms with Crippen LogP contribution < -0.4 is 16.1 Å². The van der Waals surface area contributed by atoms with Crippen molar-refractivity contribution < 1.29 is 14.4 Å². The number of halogens is 2. The fourth-order valence-corrected chi connectivity index (χ4v) is 3.13. The number of nitrogens with one attached hydrogen (secondary N) is 3. The number of fused-ring (bicyclic) bond motifs is 1. The molecule has 0 aliphatic heterocycles. The van der Waals surface area contributed by atoms with Crippen LogP contribution in [0.1, 0.15) is 30.8 Å². The molecular formula is C21H20Cl2N4O3. The van der Waals surface area contributed by atoms with Gasteiger partial charge < -0.3 is 10.6 Å². The number of nitrogens with zero attached hydrogens (tertiary/aromatic N) is 1. The fraction of sp³-hybridized carbons (Fsp3) is 0.190. The van der Waals surface area contributed by atoms with Gasteiger partial charge >= 0.3 is 11.8 Å². The van der Waals surface area contributed by atoms with E-state index >= 15 is 0 Å². The smallest absolute Gasteiger partial charge is 0.328 e. The zero-order valence-electron chi connectivity index (χ0n) is 16.3. The summed E-state index contributed by atoms with van der Waals surface area (Å²) >= 11 is 12.2. The highest BCUT2D eigenvalue weighted by atomic mass is 35.5. The van der Waals surface area contributed by atoms with Gasteiger partial charge in [0.05, 0.1) is 16.2 Å². The van der Waals surface area contributed by atoms with E-state index in [4.69, 9.17) is 23.2 Å². The Hall–Kier alpha value is -3.03. The quantitative estimate of drug-likeness (QED) is 0.513. The van der Waals surface area contributed by atoms with E-state index in [1.807, 2.05) is 6.92 Å². The highest BCUT2D eigenvalue weighted by molar-refractivity contribution is 6.38. The average molecular weight is 447 g/mol. The molecule has 0 saturated heterocycles. The zero-order valence-corrected chi connectivity index (χ0v) is 17.8. The van der Waals surface area contributed by atoms with Gasteiger partial charge in [0.1, 0.15) is 5.69 Å². The molecule has 30 heavy (non-hydrogen) atoms. The van der Waals surface area contributed by atoms with Crippen molar-refractivity contribution in [3.8, 4) is 0 Å². The van der Waals surface area contributed by atoms with E-state index in [-0.39, 0.29) is 11.7 Å². The molecule has 156 valence electrons. The number of hydrogen-bond donors (Lipinski definition) is 3. The van der Waals surface area contributed by atoms with Crippen molar-refractivity contribution in [2.45, 2.75) is 26.3 Å². The molecule has 1 heterocycles. The SMILES string of the molecule is CC[C@@H](C)NC(=O)C(=O)Nn1c(C(=O)Nc2ccccc2Cl)cc2cc(Cl)ccc21. The van der Waals surface area contributed by atoms with Crippen molar-refractivity contribution >= 4 is 57.5 Å². The first-order chi connectivity index (χ1) is 14.3. The lowest BCUT2D eigenvalue weighted by Gasteiger charge is -2.14. The summed E-state index contributed by atoms with van der Waals surface area (Å²) in [6, 6.07) is 13.1. The van der Waals surface area contributed by atoms with Gasteiger partial charge in [-0.05, 0) is 49.7 Å². The van der Waals surface area contributed by atoms with Crippen LogP contribution in [0.5, 0.6) is 0 Å². The molecule has 3 rings (SSSR count). The van der Waals surface area contributed by atoms with E-state index in [0.29, 0.717) is 33.1 Å². The maximum atomic E-state index is 12.9. The number of benzene rings is 2. The Labute approximate surface area is 183 Å². The normalized spacial score (nSPS) is 11.7. The molecule has 9 heteroatoms. The lowest BCUT2D eigenvalue weighted by atomic mass is 10.2. The van der Waals surface area contributed by atoms with Gasteiger partial charge in [0, 0.05) is 16.5 Å². The standard InChI is InChI=1S/C21H20Cl2N4O3/c1-3-12(2)24-20(29)21(30)26-27-17-9-8-14(22)10-13(17)11-18(27)19(28)25-16-7-5-4-6-15(16)23/h4-12H,3H2,1-2H3,(H,24,29)(H,25,28)(H,26,30)/t12-/m1/s1. The van der Waals surface area contributed by atoms with Crippen LogP contribution in [0.2, 0.25) is 10.0 Å². The summed E-state index contributed by atoms with van der Waals surface area (Å²) in [7, 11) is 0. The second-order valence-electron chi connectivity index (χ2n) is 6.73. The third-order valence-electron chi connectivity index (χ3n) is 4.53. The largest absolute Gasteiger partial charge is 0.345 e.